The van der Waals surface area contributed by atoms with Gasteiger partial charge >= 0.3 is 6.01 Å². The second-order valence-corrected chi connectivity index (χ2v) is 4.75. The predicted octanol–water partition coefficient (Wildman–Crippen LogP) is 1.16. The summed E-state index contributed by atoms with van der Waals surface area (Å²) in [6, 6.07) is 3.67. The lowest BCUT2D eigenvalue weighted by atomic mass is 10.2. The number of hydrogen-bond acceptors (Lipinski definition) is 7. The lowest BCUT2D eigenvalue weighted by Gasteiger charge is -2.04. The van der Waals surface area contributed by atoms with Crippen LogP contribution in [-0.2, 0) is 0 Å². The van der Waals surface area contributed by atoms with Gasteiger partial charge in [-0.2, -0.15) is 0 Å². The van der Waals surface area contributed by atoms with Gasteiger partial charge in [0.15, 0.2) is 0 Å². The van der Waals surface area contributed by atoms with Crippen LogP contribution in [-0.4, -0.2) is 32.9 Å². The number of amides is 1. The largest absolute Gasteiger partial charge is 0.508 e. The molecule has 2 heterocycles. The molecular weight excluding hydrogens is 276 g/mol. The number of benzene rings is 1. The van der Waals surface area contributed by atoms with E-state index in [9.17, 15) is 15.0 Å². The van der Waals surface area contributed by atoms with Gasteiger partial charge in [-0.05, 0) is 31.5 Å². The Hall–Kier alpha value is -2.61. The van der Waals surface area contributed by atoms with Crippen LogP contribution in [0.4, 0.5) is 6.01 Å². The van der Waals surface area contributed by atoms with E-state index >= 15 is 0 Å². The van der Waals surface area contributed by atoms with Gasteiger partial charge in [0.25, 0.3) is 5.91 Å². The van der Waals surface area contributed by atoms with Gasteiger partial charge < -0.3 is 19.9 Å². The number of aromatic nitrogens is 2. The van der Waals surface area contributed by atoms with E-state index < -0.39 is 5.91 Å². The van der Waals surface area contributed by atoms with Gasteiger partial charge in [0, 0.05) is 6.07 Å². The second-order valence-electron chi connectivity index (χ2n) is 4.75. The monoisotopic (exact) mass is 290 g/mol. The molecule has 0 saturated carbocycles. The predicted molar refractivity (Wildman–Crippen MR) is 72.0 cm³/mol. The number of anilines is 1. The Labute approximate surface area is 119 Å². The first-order valence-electron chi connectivity index (χ1n) is 6.53. The fraction of sp³-hybridized carbons (Fsp3) is 0.308. The quantitative estimate of drug-likeness (QED) is 0.669. The molecule has 21 heavy (non-hydrogen) atoms. The number of hydrogen-bond donors (Lipinski definition) is 4. The van der Waals surface area contributed by atoms with E-state index in [1.807, 2.05) is 0 Å². The van der Waals surface area contributed by atoms with Crippen LogP contribution < -0.4 is 10.6 Å². The van der Waals surface area contributed by atoms with Crippen LogP contribution in [0.3, 0.4) is 0 Å². The van der Waals surface area contributed by atoms with Gasteiger partial charge in [0.1, 0.15) is 11.5 Å². The first kappa shape index (κ1) is 13.4. The average molecular weight is 290 g/mol. The van der Waals surface area contributed by atoms with Crippen LogP contribution in [0.25, 0.3) is 0 Å². The third kappa shape index (κ3) is 2.79. The third-order valence-electron chi connectivity index (χ3n) is 3.25. The number of phenolic OH excluding ortho intramolecular Hbond substituents is 2. The molecule has 1 aromatic carbocycles. The summed E-state index contributed by atoms with van der Waals surface area (Å²) in [6.07, 6.45) is 1.95. The number of nitrogens with one attached hydrogen (secondary N) is 2. The standard InChI is InChI=1S/C13H14N4O4/c18-7-3-4-8(10(19)6-7)11(20)15-13-17-16-12(21-13)9-2-1-5-14-9/h3-4,6,9,14,18-19H,1-2,5H2,(H,15,17,20). The zero-order valence-electron chi connectivity index (χ0n) is 11.0. The van der Waals surface area contributed by atoms with E-state index in [0.29, 0.717) is 5.89 Å². The van der Waals surface area contributed by atoms with E-state index in [2.05, 4.69) is 20.8 Å². The number of nitrogens with zero attached hydrogens (tertiary/aromatic N) is 2. The van der Waals surface area contributed by atoms with Crippen molar-refractivity contribution in [2.24, 2.45) is 0 Å². The number of carbonyl (C=O) groups is 1. The summed E-state index contributed by atoms with van der Waals surface area (Å²) in [5, 5.41) is 32.1. The molecular formula is C13H14N4O4. The molecule has 1 atom stereocenters. The minimum atomic E-state index is -0.595. The Kier molecular flexibility index (Phi) is 3.44. The summed E-state index contributed by atoms with van der Waals surface area (Å²) in [5.74, 6) is -0.624. The molecule has 1 aromatic heterocycles. The molecule has 0 aliphatic carbocycles. The average Bonchev–Trinajstić information content (AvgIpc) is 3.08. The van der Waals surface area contributed by atoms with Gasteiger partial charge in [-0.1, -0.05) is 5.10 Å². The lowest BCUT2D eigenvalue weighted by Crippen LogP contribution is -2.13. The highest BCUT2D eigenvalue weighted by Crippen LogP contribution is 2.25. The first-order chi connectivity index (χ1) is 10.1. The van der Waals surface area contributed by atoms with Crippen molar-refractivity contribution in [3.8, 4) is 11.5 Å². The van der Waals surface area contributed by atoms with Crippen LogP contribution in [0.5, 0.6) is 11.5 Å². The van der Waals surface area contributed by atoms with Gasteiger partial charge in [-0.3, -0.25) is 10.1 Å². The Morgan fingerprint density at radius 1 is 1.38 bits per heavy atom. The maximum atomic E-state index is 12.0. The van der Waals surface area contributed by atoms with Crippen LogP contribution in [0, 0.1) is 0 Å². The summed E-state index contributed by atoms with van der Waals surface area (Å²) >= 11 is 0. The third-order valence-corrected chi connectivity index (χ3v) is 3.25. The second kappa shape index (κ2) is 5.41. The molecule has 110 valence electrons. The molecule has 1 aliphatic heterocycles. The number of phenols is 2. The fourth-order valence-electron chi connectivity index (χ4n) is 2.20. The summed E-state index contributed by atoms with van der Waals surface area (Å²) < 4.78 is 5.38. The number of rotatable bonds is 3. The molecule has 1 saturated heterocycles. The first-order valence-corrected chi connectivity index (χ1v) is 6.53. The fourth-order valence-corrected chi connectivity index (χ4v) is 2.20. The molecule has 0 bridgehead atoms. The molecule has 1 unspecified atom stereocenters. The Balaban J connectivity index is 1.72. The van der Waals surface area contributed by atoms with Crippen LogP contribution in [0.15, 0.2) is 22.6 Å². The maximum Gasteiger partial charge on any atom is 0.322 e. The zero-order chi connectivity index (χ0) is 14.8. The smallest absolute Gasteiger partial charge is 0.322 e. The van der Waals surface area contributed by atoms with Crippen molar-refractivity contribution < 1.29 is 19.4 Å². The van der Waals surface area contributed by atoms with Crippen molar-refractivity contribution in [1.29, 1.82) is 0 Å². The van der Waals surface area contributed by atoms with E-state index in [-0.39, 0.29) is 29.1 Å². The van der Waals surface area contributed by atoms with E-state index in [1.165, 1.54) is 12.1 Å². The Morgan fingerprint density at radius 3 is 2.95 bits per heavy atom. The highest BCUT2D eigenvalue weighted by molar-refractivity contribution is 6.05. The van der Waals surface area contributed by atoms with Crippen LogP contribution >= 0.6 is 0 Å². The minimum absolute atomic E-state index is 0.00606. The molecule has 1 fully saturated rings. The maximum absolute atomic E-state index is 12.0. The number of aromatic hydroxyl groups is 2. The minimum Gasteiger partial charge on any atom is -0.508 e. The molecule has 1 aliphatic rings. The van der Waals surface area contributed by atoms with Crippen molar-refractivity contribution in [3.63, 3.8) is 0 Å². The van der Waals surface area contributed by atoms with Crippen molar-refractivity contribution in [2.45, 2.75) is 18.9 Å². The van der Waals surface area contributed by atoms with Crippen LogP contribution in [0.2, 0.25) is 0 Å². The SMILES string of the molecule is O=C(Nc1nnc(C2CCCN2)o1)c1ccc(O)cc1O. The van der Waals surface area contributed by atoms with Crippen molar-refractivity contribution in [1.82, 2.24) is 15.5 Å². The molecule has 0 spiro atoms. The molecule has 8 nitrogen and oxygen atoms in total. The summed E-state index contributed by atoms with van der Waals surface area (Å²) in [5.41, 5.74) is 0.00606. The molecule has 0 radical (unpaired) electrons. The summed E-state index contributed by atoms with van der Waals surface area (Å²) in [6.45, 7) is 0.899. The van der Waals surface area contributed by atoms with Gasteiger partial charge in [-0.25, -0.2) is 0 Å². The highest BCUT2D eigenvalue weighted by atomic mass is 16.4. The highest BCUT2D eigenvalue weighted by Gasteiger charge is 2.23. The summed E-state index contributed by atoms with van der Waals surface area (Å²) in [7, 11) is 0. The van der Waals surface area contributed by atoms with E-state index in [4.69, 9.17) is 4.42 Å². The van der Waals surface area contributed by atoms with E-state index in [1.54, 1.807) is 0 Å². The van der Waals surface area contributed by atoms with Crippen LogP contribution in [0.1, 0.15) is 35.1 Å². The van der Waals surface area contributed by atoms with E-state index in [0.717, 1.165) is 25.5 Å². The number of carbonyl (C=O) groups excluding carboxylic acids is 1. The molecule has 8 heteroatoms. The molecule has 2 aromatic rings. The lowest BCUT2D eigenvalue weighted by molar-refractivity contribution is 0.102. The van der Waals surface area contributed by atoms with Crippen molar-refractivity contribution in [2.75, 3.05) is 11.9 Å². The topological polar surface area (TPSA) is 121 Å². The normalized spacial score (nSPS) is 17.8. The van der Waals surface area contributed by atoms with Crippen molar-refractivity contribution in [3.05, 3.63) is 29.7 Å². The Bertz CT molecular complexity index is 664. The molecule has 3 rings (SSSR count). The Morgan fingerprint density at radius 2 is 2.24 bits per heavy atom. The zero-order valence-corrected chi connectivity index (χ0v) is 11.0. The van der Waals surface area contributed by atoms with Crippen molar-refractivity contribution >= 4 is 11.9 Å². The molecule has 1 amide bonds. The van der Waals surface area contributed by atoms with Gasteiger partial charge in [0.2, 0.25) is 5.89 Å². The van der Waals surface area contributed by atoms with Gasteiger partial charge in [-0.15, -0.1) is 5.10 Å². The van der Waals surface area contributed by atoms with Gasteiger partial charge in [0.05, 0.1) is 11.6 Å². The molecule has 4 N–H and O–H groups in total. The summed E-state index contributed by atoms with van der Waals surface area (Å²) in [4.78, 5) is 12.0.